The van der Waals surface area contributed by atoms with E-state index in [-0.39, 0.29) is 34.2 Å². The van der Waals surface area contributed by atoms with Crippen molar-refractivity contribution in [3.8, 4) is 5.75 Å². The quantitative estimate of drug-likeness (QED) is 0.334. The Labute approximate surface area is 226 Å². The van der Waals surface area contributed by atoms with Gasteiger partial charge in [0.05, 0.1) is 18.6 Å². The van der Waals surface area contributed by atoms with E-state index in [1.54, 1.807) is 31.4 Å². The maximum Gasteiger partial charge on any atom is 0.303 e. The lowest BCUT2D eigenvalue weighted by molar-refractivity contribution is -0.182. The van der Waals surface area contributed by atoms with E-state index in [1.165, 1.54) is 18.1 Å². The Bertz CT molecular complexity index is 1370. The first kappa shape index (κ1) is 25.9. The van der Waals surface area contributed by atoms with Crippen molar-refractivity contribution in [2.45, 2.75) is 82.1 Å². The van der Waals surface area contributed by atoms with Crippen molar-refractivity contribution >= 4 is 16.1 Å². The molecule has 0 radical (unpaired) electrons. The summed E-state index contributed by atoms with van der Waals surface area (Å²) in [5.41, 5.74) is 2.89. The average molecular weight is 539 g/mol. The molecule has 2 bridgehead atoms. The van der Waals surface area contributed by atoms with Gasteiger partial charge in [0.1, 0.15) is 11.4 Å². The average Bonchev–Trinajstić information content (AvgIpc) is 3.26. The van der Waals surface area contributed by atoms with E-state index in [4.69, 9.17) is 13.7 Å². The Balaban J connectivity index is 1.34. The monoisotopic (exact) mass is 538 g/mol. The highest BCUT2D eigenvalue weighted by Crippen LogP contribution is 2.80. The van der Waals surface area contributed by atoms with Gasteiger partial charge >= 0.3 is 5.97 Å². The van der Waals surface area contributed by atoms with Gasteiger partial charge < -0.3 is 9.47 Å². The van der Waals surface area contributed by atoms with Crippen molar-refractivity contribution in [1.29, 1.82) is 0 Å². The summed E-state index contributed by atoms with van der Waals surface area (Å²) in [5, 5.41) is 0. The highest BCUT2D eigenvalue weighted by molar-refractivity contribution is 7.86. The molecule has 6 rings (SSSR count). The summed E-state index contributed by atoms with van der Waals surface area (Å²) in [4.78, 5) is 12.7. The molecule has 0 aliphatic heterocycles. The number of hydrogen-bond donors (Lipinski definition) is 0. The molecular weight excluding hydrogens is 500 g/mol. The van der Waals surface area contributed by atoms with Crippen LogP contribution in [0.3, 0.4) is 0 Å². The Hall–Kier alpha value is -2.38. The third kappa shape index (κ3) is 3.53. The number of esters is 1. The number of rotatable bonds is 6. The lowest BCUT2D eigenvalue weighted by Gasteiger charge is -2.57. The highest BCUT2D eigenvalue weighted by Gasteiger charge is 2.78. The zero-order valence-electron chi connectivity index (χ0n) is 22.8. The van der Waals surface area contributed by atoms with Crippen LogP contribution in [0, 0.1) is 29.6 Å². The van der Waals surface area contributed by atoms with Crippen LogP contribution >= 0.6 is 0 Å². The Kier molecular flexibility index (Phi) is 6.00. The molecule has 7 heteroatoms. The smallest absolute Gasteiger partial charge is 0.303 e. The minimum Gasteiger partial charge on any atom is -0.497 e. The third-order valence-electron chi connectivity index (χ3n) is 10.9. The van der Waals surface area contributed by atoms with Gasteiger partial charge in [-0.25, -0.2) is 0 Å². The minimum atomic E-state index is -3.91. The largest absolute Gasteiger partial charge is 0.497 e. The molecule has 4 aliphatic rings. The van der Waals surface area contributed by atoms with E-state index in [1.807, 2.05) is 6.92 Å². The number of methoxy groups -OCH3 is 1. The van der Waals surface area contributed by atoms with Crippen LogP contribution in [-0.4, -0.2) is 33.7 Å². The second-order valence-corrected chi connectivity index (χ2v) is 13.9. The van der Waals surface area contributed by atoms with E-state index in [0.717, 1.165) is 56.3 Å². The molecule has 6 nitrogen and oxygen atoms in total. The lowest BCUT2D eigenvalue weighted by atomic mass is 9.48. The lowest BCUT2D eigenvalue weighted by Crippen LogP contribution is -2.54. The Morgan fingerprint density at radius 3 is 2.53 bits per heavy atom. The number of fused-ring (bicyclic) bond motifs is 3. The van der Waals surface area contributed by atoms with Gasteiger partial charge in [0.15, 0.2) is 0 Å². The normalized spacial score (nSPS) is 35.2. The zero-order valence-corrected chi connectivity index (χ0v) is 23.6. The maximum atomic E-state index is 13.1. The molecule has 204 valence electrons. The fraction of sp³-hybridized carbons (Fsp3) is 0.581. The Morgan fingerprint density at radius 1 is 1.05 bits per heavy atom. The number of carbonyl (C=O) groups is 1. The van der Waals surface area contributed by atoms with Gasteiger partial charge in [-0.15, -0.1) is 0 Å². The van der Waals surface area contributed by atoms with Crippen LogP contribution in [0.1, 0.15) is 75.0 Å². The van der Waals surface area contributed by atoms with E-state index >= 15 is 0 Å². The SMILES string of the molecule is COc1ccc2c(c1)CC[C@@H]1[C@@H]2CC[C@@]2(C)[C@]13CC[C@@]2(OC(C)=O)[C@H](COS(=O)(=O)c1ccc(C)cc1)C3. The van der Waals surface area contributed by atoms with E-state index in [0.29, 0.717) is 11.8 Å². The first-order valence-electron chi connectivity index (χ1n) is 13.9. The van der Waals surface area contributed by atoms with Crippen LogP contribution in [0.25, 0.3) is 0 Å². The van der Waals surface area contributed by atoms with E-state index in [2.05, 4.69) is 25.1 Å². The molecule has 2 aromatic carbocycles. The molecule has 0 spiro atoms. The van der Waals surface area contributed by atoms with Gasteiger partial charge in [-0.05, 0) is 105 Å². The summed E-state index contributed by atoms with van der Waals surface area (Å²) in [7, 11) is -2.20. The van der Waals surface area contributed by atoms with Gasteiger partial charge in [-0.2, -0.15) is 8.42 Å². The van der Waals surface area contributed by atoms with Gasteiger partial charge in [0.25, 0.3) is 10.1 Å². The number of carbonyl (C=O) groups excluding carboxylic acids is 1. The molecular formula is C31H38O6S. The predicted molar refractivity (Wildman–Crippen MR) is 143 cm³/mol. The fourth-order valence-electron chi connectivity index (χ4n) is 9.30. The Morgan fingerprint density at radius 2 is 1.82 bits per heavy atom. The van der Waals surface area contributed by atoms with Gasteiger partial charge in [0, 0.05) is 18.3 Å². The summed E-state index contributed by atoms with van der Waals surface area (Å²) in [6.07, 6.45) is 6.69. The summed E-state index contributed by atoms with van der Waals surface area (Å²) in [5.74, 6) is 1.38. The summed E-state index contributed by atoms with van der Waals surface area (Å²) in [6, 6.07) is 13.3. The number of benzene rings is 2. The van der Waals surface area contributed by atoms with Crippen molar-refractivity contribution in [2.75, 3.05) is 13.7 Å². The molecule has 0 N–H and O–H groups in total. The topological polar surface area (TPSA) is 78.9 Å². The molecule has 0 saturated heterocycles. The molecule has 38 heavy (non-hydrogen) atoms. The van der Waals surface area contributed by atoms with Crippen molar-refractivity contribution in [1.82, 2.24) is 0 Å². The van der Waals surface area contributed by atoms with Crippen molar-refractivity contribution < 1.29 is 26.9 Å². The van der Waals surface area contributed by atoms with Crippen LogP contribution in [0.4, 0.5) is 0 Å². The first-order valence-corrected chi connectivity index (χ1v) is 15.3. The maximum absolute atomic E-state index is 13.1. The summed E-state index contributed by atoms with van der Waals surface area (Å²) < 4.78 is 43.7. The van der Waals surface area contributed by atoms with Crippen molar-refractivity contribution in [3.05, 3.63) is 59.2 Å². The van der Waals surface area contributed by atoms with Crippen LogP contribution < -0.4 is 4.74 Å². The summed E-state index contributed by atoms with van der Waals surface area (Å²) >= 11 is 0. The molecule has 4 aliphatic carbocycles. The first-order chi connectivity index (χ1) is 18.1. The predicted octanol–water partition coefficient (Wildman–Crippen LogP) is 5.96. The molecule has 0 amide bonds. The van der Waals surface area contributed by atoms with E-state index < -0.39 is 15.7 Å². The minimum absolute atomic E-state index is 0.00929. The van der Waals surface area contributed by atoms with Gasteiger partial charge in [0.2, 0.25) is 0 Å². The molecule has 6 atom stereocenters. The molecule has 3 saturated carbocycles. The van der Waals surface area contributed by atoms with E-state index in [9.17, 15) is 13.2 Å². The van der Waals surface area contributed by atoms with Crippen LogP contribution in [0.5, 0.6) is 5.75 Å². The molecule has 2 aromatic rings. The standard InChI is InChI=1S/C31H38O6S/c1-20-5-9-25(10-6-20)38(33,34)36-19-23-18-30-15-16-31(23,37-21(2)32)29(30,3)14-13-27-26-11-8-24(35-4)17-22(26)7-12-28(27)30/h5-6,8-11,17,23,27-28H,7,12-16,18-19H2,1-4H3/t23-,27+,28+,29-,30-,31+/m0/s1. The third-order valence-corrected chi connectivity index (χ3v) is 12.2. The molecule has 0 aromatic heterocycles. The number of ether oxygens (including phenoxy) is 2. The molecule has 3 fully saturated rings. The van der Waals surface area contributed by atoms with Crippen molar-refractivity contribution in [3.63, 3.8) is 0 Å². The van der Waals surface area contributed by atoms with Gasteiger partial charge in [-0.1, -0.05) is 30.7 Å². The van der Waals surface area contributed by atoms with Crippen LogP contribution in [0.15, 0.2) is 47.4 Å². The van der Waals surface area contributed by atoms with Crippen LogP contribution in [0.2, 0.25) is 0 Å². The highest BCUT2D eigenvalue weighted by atomic mass is 32.2. The summed E-state index contributed by atoms with van der Waals surface area (Å²) in [6.45, 7) is 5.75. The fourth-order valence-corrected chi connectivity index (χ4v) is 10.2. The zero-order chi connectivity index (χ0) is 26.9. The number of aryl methyl sites for hydroxylation is 2. The van der Waals surface area contributed by atoms with Gasteiger partial charge in [-0.3, -0.25) is 8.98 Å². The second-order valence-electron chi connectivity index (χ2n) is 12.3. The van der Waals surface area contributed by atoms with Crippen LogP contribution in [-0.2, 0) is 30.3 Å². The van der Waals surface area contributed by atoms with Crippen molar-refractivity contribution in [2.24, 2.45) is 22.7 Å². The number of hydrogen-bond acceptors (Lipinski definition) is 6. The molecule has 0 unspecified atom stereocenters. The molecule has 0 heterocycles. The second kappa shape index (κ2) is 8.82.